The molecule has 0 fully saturated rings. The lowest BCUT2D eigenvalue weighted by atomic mass is 10.0. The zero-order chi connectivity index (χ0) is 32.3. The summed E-state index contributed by atoms with van der Waals surface area (Å²) < 4.78 is 14.9. The zero-order valence-corrected chi connectivity index (χ0v) is 26.7. The summed E-state index contributed by atoms with van der Waals surface area (Å²) in [5, 5.41) is 11.1. The fourth-order valence-electron chi connectivity index (χ4n) is 4.69. The molecule has 2 amide bonds. The third kappa shape index (κ3) is 8.83. The van der Waals surface area contributed by atoms with Gasteiger partial charge in [-0.25, -0.2) is 28.9 Å². The van der Waals surface area contributed by atoms with E-state index in [-0.39, 0.29) is 6.61 Å². The van der Waals surface area contributed by atoms with Crippen LogP contribution in [0.2, 0.25) is 0 Å². The maximum atomic E-state index is 13.3. The van der Waals surface area contributed by atoms with Gasteiger partial charge in [0.05, 0.1) is 33.8 Å². The molecule has 0 saturated carbocycles. The Morgan fingerprint density at radius 2 is 1.47 bits per heavy atom. The molecule has 0 saturated heterocycles. The monoisotopic (exact) mass is 670 g/mol. The lowest BCUT2D eigenvalue weighted by molar-refractivity contribution is 0.0794. The first kappa shape index (κ1) is 31.5. The van der Waals surface area contributed by atoms with E-state index >= 15 is 0 Å². The maximum absolute atomic E-state index is 13.3. The van der Waals surface area contributed by atoms with Gasteiger partial charge in [0.1, 0.15) is 38.0 Å². The largest absolute Gasteiger partial charge is 0.444 e. The van der Waals surface area contributed by atoms with Crippen molar-refractivity contribution >= 4 is 34.9 Å². The summed E-state index contributed by atoms with van der Waals surface area (Å²) in [6, 6.07) is 15.3. The average Bonchev–Trinajstić information content (AvgIpc) is 3.94. The van der Waals surface area contributed by atoms with E-state index in [1.807, 2.05) is 48.5 Å². The second kappa shape index (κ2) is 15.7. The molecular formula is C31H30N10O4S2. The molecule has 6 rings (SSSR count). The minimum atomic E-state index is -0.571. The molecule has 4 aromatic heterocycles. The Kier molecular flexibility index (Phi) is 10.5. The Morgan fingerprint density at radius 3 is 2.06 bits per heavy atom. The lowest BCUT2D eigenvalue weighted by Gasteiger charge is -2.24. The Bertz CT molecular complexity index is 1800. The molecule has 0 aliphatic heterocycles. The highest BCUT2D eigenvalue weighted by atomic mass is 32.1. The number of aromatic nitrogens is 8. The van der Waals surface area contributed by atoms with Crippen molar-refractivity contribution in [2.24, 2.45) is 0 Å². The van der Waals surface area contributed by atoms with Gasteiger partial charge in [0.15, 0.2) is 0 Å². The third-order valence-corrected chi connectivity index (χ3v) is 8.59. The molecule has 2 aromatic carbocycles. The summed E-state index contributed by atoms with van der Waals surface area (Å²) in [6.45, 7) is 1.14. The maximum Gasteiger partial charge on any atom is 0.410 e. The van der Waals surface area contributed by atoms with Crippen LogP contribution in [-0.2, 0) is 29.2 Å². The normalized spacial score (nSPS) is 11.6. The van der Waals surface area contributed by atoms with E-state index in [0.717, 1.165) is 32.3 Å². The van der Waals surface area contributed by atoms with Crippen LogP contribution < -0.4 is 5.32 Å². The molecule has 16 heteroatoms. The Hall–Kier alpha value is -5.48. The molecule has 6 aromatic rings. The Balaban J connectivity index is 1.13. The average molecular weight is 671 g/mol. The van der Waals surface area contributed by atoms with E-state index in [0.29, 0.717) is 32.5 Å². The van der Waals surface area contributed by atoms with Gasteiger partial charge in [-0.05, 0) is 48.2 Å². The summed E-state index contributed by atoms with van der Waals surface area (Å²) >= 11 is 2.87. The van der Waals surface area contributed by atoms with Gasteiger partial charge in [0, 0.05) is 30.4 Å². The summed E-state index contributed by atoms with van der Waals surface area (Å²) in [4.78, 5) is 45.7. The van der Waals surface area contributed by atoms with Crippen molar-refractivity contribution in [3.8, 4) is 11.4 Å². The number of benzene rings is 2. The number of carbonyl (C=O) groups excluding carboxylic acids is 2. The summed E-state index contributed by atoms with van der Waals surface area (Å²) in [6.07, 6.45) is 8.99. The van der Waals surface area contributed by atoms with Crippen molar-refractivity contribution in [2.45, 2.75) is 38.6 Å². The molecule has 240 valence electrons. The Morgan fingerprint density at radius 1 is 0.830 bits per heavy atom. The zero-order valence-electron chi connectivity index (χ0n) is 25.0. The number of amides is 2. The summed E-state index contributed by atoms with van der Waals surface area (Å²) in [5.74, 6) is 0. The van der Waals surface area contributed by atoms with Crippen LogP contribution in [0, 0.1) is 0 Å². The number of carbonyl (C=O) groups is 2. The van der Waals surface area contributed by atoms with Crippen molar-refractivity contribution in [1.82, 2.24) is 49.7 Å². The van der Waals surface area contributed by atoms with Crippen molar-refractivity contribution in [2.75, 3.05) is 6.54 Å². The number of ether oxygens (including phenoxy) is 2. The molecule has 0 spiro atoms. The quantitative estimate of drug-likeness (QED) is 0.160. The van der Waals surface area contributed by atoms with Crippen LogP contribution in [0.15, 0.2) is 97.3 Å². The first-order valence-electron chi connectivity index (χ1n) is 14.6. The summed E-state index contributed by atoms with van der Waals surface area (Å²) in [5.41, 5.74) is 6.82. The van der Waals surface area contributed by atoms with Crippen LogP contribution in [0.4, 0.5) is 9.59 Å². The first-order chi connectivity index (χ1) is 23.1. The smallest absolute Gasteiger partial charge is 0.410 e. The van der Waals surface area contributed by atoms with Crippen molar-refractivity contribution in [3.63, 3.8) is 0 Å². The molecule has 14 nitrogen and oxygen atoms in total. The highest BCUT2D eigenvalue weighted by Gasteiger charge is 2.21. The number of hydrogen-bond acceptors (Lipinski definition) is 12. The molecule has 0 bridgehead atoms. The van der Waals surface area contributed by atoms with E-state index in [2.05, 4.69) is 35.5 Å². The van der Waals surface area contributed by atoms with Gasteiger partial charge in [-0.3, -0.25) is 9.97 Å². The van der Waals surface area contributed by atoms with Crippen LogP contribution in [-0.4, -0.2) is 63.1 Å². The van der Waals surface area contributed by atoms with Gasteiger partial charge >= 0.3 is 12.2 Å². The van der Waals surface area contributed by atoms with Gasteiger partial charge in [0.2, 0.25) is 0 Å². The van der Waals surface area contributed by atoms with Crippen LogP contribution in [0.1, 0.15) is 39.8 Å². The number of alkyl carbamates (subject to hydrolysis) is 1. The number of nitrogens with zero attached hydrogens (tertiary/aromatic N) is 9. The standard InChI is InChI=1S/C31H30N10O4S2/c42-30(36-14-27-12-32-21-46-27)45-29(24-5-9-26(10-6-24)41-20-35-18-38-41)2-1-11-39(31(43)44-16-28-13-33-22-47-28)15-23-3-7-25(8-4-23)40-19-34-17-37-40/h3-10,12-13,17-22,29H,1-2,11,14-16H2,(H,36,42). The number of hydrogen-bond donors (Lipinski definition) is 1. The van der Waals surface area contributed by atoms with Gasteiger partial charge in [-0.15, -0.1) is 22.7 Å². The number of rotatable bonds is 14. The highest BCUT2D eigenvalue weighted by molar-refractivity contribution is 7.09. The van der Waals surface area contributed by atoms with Crippen LogP contribution in [0.5, 0.6) is 0 Å². The highest BCUT2D eigenvalue weighted by Crippen LogP contribution is 2.25. The van der Waals surface area contributed by atoms with Gasteiger partial charge in [-0.2, -0.15) is 10.2 Å². The summed E-state index contributed by atoms with van der Waals surface area (Å²) in [7, 11) is 0. The fraction of sp³-hybridized carbons (Fsp3) is 0.226. The van der Waals surface area contributed by atoms with Crippen molar-refractivity contribution in [3.05, 3.63) is 118 Å². The molecule has 0 aliphatic rings. The van der Waals surface area contributed by atoms with E-state index < -0.39 is 18.3 Å². The second-order valence-electron chi connectivity index (χ2n) is 10.2. The minimum absolute atomic E-state index is 0.134. The predicted molar refractivity (Wildman–Crippen MR) is 173 cm³/mol. The fourth-order valence-corrected chi connectivity index (χ4v) is 5.73. The molecule has 47 heavy (non-hydrogen) atoms. The van der Waals surface area contributed by atoms with Crippen LogP contribution in [0.25, 0.3) is 11.4 Å². The van der Waals surface area contributed by atoms with E-state index in [1.54, 1.807) is 50.3 Å². The molecule has 4 heterocycles. The number of nitrogens with one attached hydrogen (secondary N) is 1. The minimum Gasteiger partial charge on any atom is -0.444 e. The third-order valence-electron chi connectivity index (χ3n) is 7.05. The van der Waals surface area contributed by atoms with Crippen molar-refractivity contribution in [1.29, 1.82) is 0 Å². The topological polar surface area (TPSA) is 155 Å². The van der Waals surface area contributed by atoms with E-state index in [9.17, 15) is 9.59 Å². The Labute approximate surface area is 277 Å². The molecule has 1 N–H and O–H groups in total. The predicted octanol–water partition coefficient (Wildman–Crippen LogP) is 5.35. The van der Waals surface area contributed by atoms with Gasteiger partial charge < -0.3 is 19.7 Å². The number of thiazole rings is 2. The second-order valence-corrected chi connectivity index (χ2v) is 12.2. The molecule has 0 radical (unpaired) electrons. The molecule has 1 unspecified atom stereocenters. The van der Waals surface area contributed by atoms with E-state index in [1.165, 1.54) is 35.3 Å². The van der Waals surface area contributed by atoms with Crippen LogP contribution in [0.3, 0.4) is 0 Å². The SMILES string of the molecule is O=C(NCc1cncs1)OC(CCCN(Cc1ccc(-n2cncn2)cc1)C(=O)OCc1cncs1)c1ccc(-n2cncn2)cc1. The first-order valence-corrected chi connectivity index (χ1v) is 16.4. The molecule has 1 atom stereocenters. The molecular weight excluding hydrogens is 641 g/mol. The van der Waals surface area contributed by atoms with Crippen LogP contribution >= 0.6 is 22.7 Å². The van der Waals surface area contributed by atoms with Gasteiger partial charge in [0.25, 0.3) is 0 Å². The lowest BCUT2D eigenvalue weighted by Crippen LogP contribution is -2.32. The van der Waals surface area contributed by atoms with E-state index in [4.69, 9.17) is 9.47 Å². The van der Waals surface area contributed by atoms with Gasteiger partial charge in [-0.1, -0.05) is 24.3 Å². The van der Waals surface area contributed by atoms with Crippen molar-refractivity contribution < 1.29 is 19.1 Å². The molecule has 0 aliphatic carbocycles.